The molecule has 1 aromatic rings. The van der Waals surface area contributed by atoms with Crippen molar-refractivity contribution < 1.29 is 0 Å². The molecule has 3 nitrogen and oxygen atoms in total. The fourth-order valence-electron chi connectivity index (χ4n) is 2.74. The predicted molar refractivity (Wildman–Crippen MR) is 81.4 cm³/mol. The van der Waals surface area contributed by atoms with Crippen LogP contribution in [0.4, 0.5) is 0 Å². The van der Waals surface area contributed by atoms with Crippen LogP contribution >= 0.6 is 0 Å². The lowest BCUT2D eigenvalue weighted by Crippen LogP contribution is -2.48. The molecule has 1 atom stereocenters. The van der Waals surface area contributed by atoms with Gasteiger partial charge in [-0.2, -0.15) is 0 Å². The van der Waals surface area contributed by atoms with E-state index < -0.39 is 0 Å². The third-order valence-electron chi connectivity index (χ3n) is 3.88. The summed E-state index contributed by atoms with van der Waals surface area (Å²) in [5.41, 5.74) is 1.45. The normalized spacial score (nSPS) is 21.7. The van der Waals surface area contributed by atoms with E-state index in [1.54, 1.807) is 0 Å². The number of benzene rings is 1. The third kappa shape index (κ3) is 4.30. The molecule has 1 aliphatic rings. The molecule has 2 rings (SSSR count). The van der Waals surface area contributed by atoms with Crippen LogP contribution in [0.5, 0.6) is 0 Å². The van der Waals surface area contributed by atoms with Gasteiger partial charge in [-0.3, -0.25) is 4.90 Å². The fourth-order valence-corrected chi connectivity index (χ4v) is 2.74. The molecule has 1 aromatic carbocycles. The maximum Gasteiger partial charge on any atom is 0.0476 e. The summed E-state index contributed by atoms with van der Waals surface area (Å²) >= 11 is 0. The van der Waals surface area contributed by atoms with Crippen molar-refractivity contribution in [2.75, 3.05) is 46.3 Å². The molecule has 1 fully saturated rings. The summed E-state index contributed by atoms with van der Waals surface area (Å²) in [6.45, 7) is 9.08. The Kier molecular flexibility index (Phi) is 5.83. The number of rotatable bonds is 6. The molecule has 0 radical (unpaired) electrons. The van der Waals surface area contributed by atoms with Gasteiger partial charge < -0.3 is 10.2 Å². The van der Waals surface area contributed by atoms with Gasteiger partial charge in [-0.05, 0) is 25.6 Å². The second-order valence-electron chi connectivity index (χ2n) is 5.47. The molecule has 0 saturated carbocycles. The van der Waals surface area contributed by atoms with Crippen LogP contribution in [0.1, 0.15) is 24.9 Å². The highest BCUT2D eigenvalue weighted by Gasteiger charge is 2.25. The van der Waals surface area contributed by atoms with Crippen molar-refractivity contribution in [3.8, 4) is 0 Å². The molecule has 0 bridgehead atoms. The SMILES string of the molecule is CCCNCCN1CCN(C)CC1c1ccccc1. The Morgan fingerprint density at radius 1 is 1.16 bits per heavy atom. The Morgan fingerprint density at radius 2 is 1.95 bits per heavy atom. The van der Waals surface area contributed by atoms with Gasteiger partial charge in [-0.1, -0.05) is 37.3 Å². The molecular weight excluding hydrogens is 234 g/mol. The molecule has 0 spiro atoms. The molecule has 19 heavy (non-hydrogen) atoms. The van der Waals surface area contributed by atoms with E-state index in [1.807, 2.05) is 0 Å². The van der Waals surface area contributed by atoms with Gasteiger partial charge in [0.15, 0.2) is 0 Å². The van der Waals surface area contributed by atoms with E-state index in [2.05, 4.69) is 59.4 Å². The molecule has 1 saturated heterocycles. The van der Waals surface area contributed by atoms with Gasteiger partial charge in [-0.15, -0.1) is 0 Å². The minimum atomic E-state index is 0.545. The lowest BCUT2D eigenvalue weighted by molar-refractivity contribution is 0.0907. The molecule has 1 aliphatic heterocycles. The molecule has 0 aromatic heterocycles. The van der Waals surface area contributed by atoms with Crippen LogP contribution in [0, 0.1) is 0 Å². The van der Waals surface area contributed by atoms with Crippen LogP contribution in [-0.4, -0.2) is 56.1 Å². The Hall–Kier alpha value is -0.900. The number of nitrogens with one attached hydrogen (secondary N) is 1. The van der Waals surface area contributed by atoms with Crippen LogP contribution in [0.3, 0.4) is 0 Å². The summed E-state index contributed by atoms with van der Waals surface area (Å²) in [6.07, 6.45) is 1.21. The Labute approximate surface area is 117 Å². The zero-order valence-electron chi connectivity index (χ0n) is 12.3. The van der Waals surface area contributed by atoms with E-state index >= 15 is 0 Å². The van der Waals surface area contributed by atoms with Crippen molar-refractivity contribution in [3.63, 3.8) is 0 Å². The summed E-state index contributed by atoms with van der Waals surface area (Å²) in [5, 5.41) is 3.51. The molecular formula is C16H27N3. The van der Waals surface area contributed by atoms with Crippen molar-refractivity contribution in [2.24, 2.45) is 0 Å². The minimum absolute atomic E-state index is 0.545. The van der Waals surface area contributed by atoms with Crippen LogP contribution < -0.4 is 5.32 Å². The molecule has 3 heteroatoms. The zero-order chi connectivity index (χ0) is 13.5. The number of nitrogens with zero attached hydrogens (tertiary/aromatic N) is 2. The molecule has 1 unspecified atom stereocenters. The number of likely N-dealkylation sites (N-methyl/N-ethyl adjacent to an activating group) is 1. The van der Waals surface area contributed by atoms with Crippen LogP contribution in [0.15, 0.2) is 30.3 Å². The molecule has 0 aliphatic carbocycles. The van der Waals surface area contributed by atoms with Gasteiger partial charge in [-0.25, -0.2) is 0 Å². The molecule has 106 valence electrons. The average molecular weight is 261 g/mol. The highest BCUT2D eigenvalue weighted by molar-refractivity contribution is 5.20. The van der Waals surface area contributed by atoms with Gasteiger partial charge in [0.2, 0.25) is 0 Å². The van der Waals surface area contributed by atoms with Crippen LogP contribution in [0.2, 0.25) is 0 Å². The van der Waals surface area contributed by atoms with E-state index in [1.165, 1.54) is 25.1 Å². The summed E-state index contributed by atoms with van der Waals surface area (Å²) in [4.78, 5) is 5.06. The third-order valence-corrected chi connectivity index (χ3v) is 3.88. The van der Waals surface area contributed by atoms with Gasteiger partial charge in [0.05, 0.1) is 0 Å². The highest BCUT2D eigenvalue weighted by Crippen LogP contribution is 2.24. The van der Waals surface area contributed by atoms with Crippen molar-refractivity contribution in [2.45, 2.75) is 19.4 Å². The van der Waals surface area contributed by atoms with E-state index in [9.17, 15) is 0 Å². The number of piperazine rings is 1. The van der Waals surface area contributed by atoms with Crippen molar-refractivity contribution in [1.29, 1.82) is 0 Å². The first-order valence-corrected chi connectivity index (χ1v) is 7.49. The van der Waals surface area contributed by atoms with Gasteiger partial charge in [0, 0.05) is 38.8 Å². The lowest BCUT2D eigenvalue weighted by atomic mass is 10.0. The minimum Gasteiger partial charge on any atom is -0.315 e. The van der Waals surface area contributed by atoms with E-state index in [0.717, 1.165) is 26.2 Å². The maximum atomic E-state index is 3.51. The fraction of sp³-hybridized carbons (Fsp3) is 0.625. The molecule has 1 N–H and O–H groups in total. The van der Waals surface area contributed by atoms with E-state index in [0.29, 0.717) is 6.04 Å². The lowest BCUT2D eigenvalue weighted by Gasteiger charge is -2.40. The summed E-state index contributed by atoms with van der Waals surface area (Å²) in [7, 11) is 2.22. The smallest absolute Gasteiger partial charge is 0.0476 e. The summed E-state index contributed by atoms with van der Waals surface area (Å²) in [6, 6.07) is 11.5. The first kappa shape index (κ1) is 14.5. The highest BCUT2D eigenvalue weighted by atomic mass is 15.3. The van der Waals surface area contributed by atoms with Crippen molar-refractivity contribution in [1.82, 2.24) is 15.1 Å². The zero-order valence-corrected chi connectivity index (χ0v) is 12.3. The Bertz CT molecular complexity index is 352. The Morgan fingerprint density at radius 3 is 2.68 bits per heavy atom. The van der Waals surface area contributed by atoms with Crippen LogP contribution in [-0.2, 0) is 0 Å². The number of hydrogen-bond donors (Lipinski definition) is 1. The Balaban J connectivity index is 1.95. The second-order valence-corrected chi connectivity index (χ2v) is 5.47. The van der Waals surface area contributed by atoms with Crippen LogP contribution in [0.25, 0.3) is 0 Å². The first-order chi connectivity index (χ1) is 9.31. The predicted octanol–water partition coefficient (Wildman–Crippen LogP) is 1.97. The van der Waals surface area contributed by atoms with Gasteiger partial charge in [0.1, 0.15) is 0 Å². The van der Waals surface area contributed by atoms with Crippen molar-refractivity contribution in [3.05, 3.63) is 35.9 Å². The van der Waals surface area contributed by atoms with Gasteiger partial charge in [0.25, 0.3) is 0 Å². The topological polar surface area (TPSA) is 18.5 Å². The molecule has 0 amide bonds. The van der Waals surface area contributed by atoms with E-state index in [4.69, 9.17) is 0 Å². The summed E-state index contributed by atoms with van der Waals surface area (Å²) < 4.78 is 0. The largest absolute Gasteiger partial charge is 0.315 e. The number of hydrogen-bond acceptors (Lipinski definition) is 3. The first-order valence-electron chi connectivity index (χ1n) is 7.49. The maximum absolute atomic E-state index is 3.51. The monoisotopic (exact) mass is 261 g/mol. The average Bonchev–Trinajstić information content (AvgIpc) is 2.46. The standard InChI is InChI=1S/C16H27N3/c1-3-9-17-10-11-19-13-12-18(2)14-16(19)15-7-5-4-6-8-15/h4-8,16-17H,3,9-14H2,1-2H3. The van der Waals surface area contributed by atoms with Gasteiger partial charge >= 0.3 is 0 Å². The van der Waals surface area contributed by atoms with E-state index in [-0.39, 0.29) is 0 Å². The molecule has 1 heterocycles. The quantitative estimate of drug-likeness (QED) is 0.790. The van der Waals surface area contributed by atoms with Crippen molar-refractivity contribution >= 4 is 0 Å². The second kappa shape index (κ2) is 7.63. The summed E-state index contributed by atoms with van der Waals surface area (Å²) in [5.74, 6) is 0.